The van der Waals surface area contributed by atoms with Crippen molar-refractivity contribution in [2.24, 2.45) is 0 Å². The van der Waals surface area contributed by atoms with Crippen LogP contribution in [0.15, 0.2) is 34.1 Å². The first-order chi connectivity index (χ1) is 9.13. The van der Waals surface area contributed by atoms with Crippen molar-refractivity contribution in [3.8, 4) is 11.5 Å². The third kappa shape index (κ3) is 3.27. The molecule has 1 amide bonds. The number of methoxy groups -OCH3 is 2. The van der Waals surface area contributed by atoms with E-state index in [4.69, 9.17) is 9.47 Å². The van der Waals surface area contributed by atoms with Crippen LogP contribution in [0.2, 0.25) is 0 Å². The second-order valence-corrected chi connectivity index (χ2v) is 5.48. The quantitative estimate of drug-likeness (QED) is 0.920. The van der Waals surface area contributed by atoms with Crippen LogP contribution in [0.25, 0.3) is 0 Å². The number of carbonyl (C=O) groups excluding carboxylic acids is 1. The molecule has 1 N–H and O–H groups in total. The van der Waals surface area contributed by atoms with Crippen LogP contribution in [0.4, 0.5) is 5.69 Å². The summed E-state index contributed by atoms with van der Waals surface area (Å²) in [4.78, 5) is 12.7. The number of thiophene rings is 1. The maximum atomic E-state index is 12.1. The topological polar surface area (TPSA) is 47.6 Å². The molecule has 0 fully saturated rings. The first kappa shape index (κ1) is 13.9. The molecule has 6 heteroatoms. The number of ether oxygens (including phenoxy) is 2. The molecule has 1 heterocycles. The summed E-state index contributed by atoms with van der Waals surface area (Å²) in [6.07, 6.45) is 0. The Hall–Kier alpha value is -1.53. The van der Waals surface area contributed by atoms with Crippen LogP contribution in [0.3, 0.4) is 0 Å². The maximum Gasteiger partial charge on any atom is 0.265 e. The minimum absolute atomic E-state index is 0.178. The Morgan fingerprint density at radius 1 is 1.26 bits per heavy atom. The summed E-state index contributed by atoms with van der Waals surface area (Å²) in [5.41, 5.74) is 0.580. The van der Waals surface area contributed by atoms with Gasteiger partial charge in [0.1, 0.15) is 11.5 Å². The van der Waals surface area contributed by atoms with Crippen LogP contribution in [0.1, 0.15) is 9.67 Å². The average molecular weight is 342 g/mol. The van der Waals surface area contributed by atoms with E-state index in [1.807, 2.05) is 5.38 Å². The zero-order valence-corrected chi connectivity index (χ0v) is 12.8. The van der Waals surface area contributed by atoms with Crippen LogP contribution in [0.5, 0.6) is 11.5 Å². The van der Waals surface area contributed by atoms with Crippen molar-refractivity contribution in [3.05, 3.63) is 39.0 Å². The van der Waals surface area contributed by atoms with E-state index in [0.29, 0.717) is 22.1 Å². The minimum Gasteiger partial charge on any atom is -0.497 e. The molecule has 0 saturated heterocycles. The molecule has 2 aromatic rings. The van der Waals surface area contributed by atoms with Crippen molar-refractivity contribution in [2.45, 2.75) is 0 Å². The molecular weight excluding hydrogens is 330 g/mol. The van der Waals surface area contributed by atoms with Crippen molar-refractivity contribution in [1.29, 1.82) is 0 Å². The fourth-order valence-corrected chi connectivity index (χ4v) is 2.85. The molecular formula is C13H12BrNO3S. The number of halogens is 1. The fraction of sp³-hybridized carbons (Fsp3) is 0.154. The third-order valence-corrected chi connectivity index (χ3v) is 4.14. The van der Waals surface area contributed by atoms with E-state index < -0.39 is 0 Å². The molecule has 0 atom stereocenters. The standard InChI is InChI=1S/C13H12BrNO3S/c1-17-9-3-4-11(18-2)10(6-9)15-13(16)12-5-8(14)7-19-12/h3-7H,1-2H3,(H,15,16). The van der Waals surface area contributed by atoms with E-state index in [9.17, 15) is 4.79 Å². The van der Waals surface area contributed by atoms with Crippen molar-refractivity contribution >= 4 is 38.9 Å². The molecule has 0 radical (unpaired) electrons. The van der Waals surface area contributed by atoms with Gasteiger partial charge in [0.05, 0.1) is 24.8 Å². The fourth-order valence-electron chi connectivity index (χ4n) is 1.53. The Kier molecular flexibility index (Phi) is 4.44. The van der Waals surface area contributed by atoms with Crippen LogP contribution in [0, 0.1) is 0 Å². The molecule has 2 rings (SSSR count). The van der Waals surface area contributed by atoms with Crippen molar-refractivity contribution < 1.29 is 14.3 Å². The lowest BCUT2D eigenvalue weighted by molar-refractivity contribution is 0.103. The van der Waals surface area contributed by atoms with Crippen molar-refractivity contribution in [2.75, 3.05) is 19.5 Å². The van der Waals surface area contributed by atoms with Crippen molar-refractivity contribution in [3.63, 3.8) is 0 Å². The summed E-state index contributed by atoms with van der Waals surface area (Å²) in [6, 6.07) is 7.01. The monoisotopic (exact) mass is 341 g/mol. The molecule has 0 aliphatic rings. The molecule has 0 unspecified atom stereocenters. The smallest absolute Gasteiger partial charge is 0.265 e. The predicted molar refractivity (Wildman–Crippen MR) is 79.5 cm³/mol. The molecule has 100 valence electrons. The lowest BCUT2D eigenvalue weighted by Crippen LogP contribution is -2.11. The van der Waals surface area contributed by atoms with E-state index in [0.717, 1.165) is 4.47 Å². The molecule has 1 aromatic carbocycles. The van der Waals surface area contributed by atoms with Gasteiger partial charge in [0.15, 0.2) is 0 Å². The number of hydrogen-bond acceptors (Lipinski definition) is 4. The van der Waals surface area contributed by atoms with E-state index in [1.165, 1.54) is 11.3 Å². The molecule has 19 heavy (non-hydrogen) atoms. The summed E-state index contributed by atoms with van der Waals surface area (Å²) < 4.78 is 11.2. The highest BCUT2D eigenvalue weighted by atomic mass is 79.9. The Morgan fingerprint density at radius 2 is 2.05 bits per heavy atom. The van der Waals surface area contributed by atoms with Gasteiger partial charge in [-0.2, -0.15) is 0 Å². The van der Waals surface area contributed by atoms with Gasteiger partial charge in [0.2, 0.25) is 0 Å². The number of carbonyl (C=O) groups is 1. The first-order valence-corrected chi connectivity index (χ1v) is 7.08. The third-order valence-electron chi connectivity index (χ3n) is 2.45. The van der Waals surface area contributed by atoms with Crippen LogP contribution in [-0.2, 0) is 0 Å². The van der Waals surface area contributed by atoms with Gasteiger partial charge >= 0.3 is 0 Å². The summed E-state index contributed by atoms with van der Waals surface area (Å²) in [5.74, 6) is 1.07. The SMILES string of the molecule is COc1ccc(OC)c(NC(=O)c2cc(Br)cs2)c1. The second-order valence-electron chi connectivity index (χ2n) is 3.65. The molecule has 0 aliphatic heterocycles. The largest absolute Gasteiger partial charge is 0.497 e. The second kappa shape index (κ2) is 6.08. The number of nitrogens with one attached hydrogen (secondary N) is 1. The normalized spacial score (nSPS) is 10.1. The van der Waals surface area contributed by atoms with Crippen LogP contribution < -0.4 is 14.8 Å². The minimum atomic E-state index is -0.178. The van der Waals surface area contributed by atoms with Gasteiger partial charge in [-0.05, 0) is 34.1 Å². The molecule has 0 spiro atoms. The zero-order valence-electron chi connectivity index (χ0n) is 10.4. The first-order valence-electron chi connectivity index (χ1n) is 5.41. The van der Waals surface area contributed by atoms with Gasteiger partial charge in [-0.1, -0.05) is 0 Å². The van der Waals surface area contributed by atoms with Gasteiger partial charge in [-0.15, -0.1) is 11.3 Å². The van der Waals surface area contributed by atoms with E-state index in [-0.39, 0.29) is 5.91 Å². The van der Waals surface area contributed by atoms with Gasteiger partial charge < -0.3 is 14.8 Å². The Labute approximate surface area is 123 Å². The molecule has 0 aliphatic carbocycles. The highest BCUT2D eigenvalue weighted by molar-refractivity contribution is 9.10. The molecule has 0 saturated carbocycles. The Bertz CT molecular complexity index is 597. The van der Waals surface area contributed by atoms with Gasteiger partial charge in [-0.25, -0.2) is 0 Å². The Morgan fingerprint density at radius 3 is 2.63 bits per heavy atom. The summed E-state index contributed by atoms with van der Waals surface area (Å²) in [7, 11) is 3.13. The summed E-state index contributed by atoms with van der Waals surface area (Å²) in [6.45, 7) is 0. The van der Waals surface area contributed by atoms with Gasteiger partial charge in [0, 0.05) is 15.9 Å². The zero-order chi connectivity index (χ0) is 13.8. The number of amides is 1. The van der Waals surface area contributed by atoms with Gasteiger partial charge in [0.25, 0.3) is 5.91 Å². The van der Waals surface area contributed by atoms with Crippen LogP contribution >= 0.6 is 27.3 Å². The van der Waals surface area contributed by atoms with Gasteiger partial charge in [-0.3, -0.25) is 4.79 Å². The average Bonchev–Trinajstić information content (AvgIpc) is 2.85. The van der Waals surface area contributed by atoms with Crippen LogP contribution in [-0.4, -0.2) is 20.1 Å². The van der Waals surface area contributed by atoms with Crippen molar-refractivity contribution in [1.82, 2.24) is 0 Å². The number of anilines is 1. The molecule has 4 nitrogen and oxygen atoms in total. The highest BCUT2D eigenvalue weighted by Crippen LogP contribution is 2.30. The lowest BCUT2D eigenvalue weighted by Gasteiger charge is -2.11. The lowest BCUT2D eigenvalue weighted by atomic mass is 10.2. The Balaban J connectivity index is 2.24. The van der Waals surface area contributed by atoms with E-state index >= 15 is 0 Å². The maximum absolute atomic E-state index is 12.1. The predicted octanol–water partition coefficient (Wildman–Crippen LogP) is 3.78. The van der Waals surface area contributed by atoms with E-state index in [1.54, 1.807) is 38.5 Å². The highest BCUT2D eigenvalue weighted by Gasteiger charge is 2.12. The summed E-state index contributed by atoms with van der Waals surface area (Å²) in [5, 5.41) is 4.67. The number of hydrogen-bond donors (Lipinski definition) is 1. The molecule has 1 aromatic heterocycles. The number of benzene rings is 1. The van der Waals surface area contributed by atoms with E-state index in [2.05, 4.69) is 21.2 Å². The number of rotatable bonds is 4. The summed E-state index contributed by atoms with van der Waals surface area (Å²) >= 11 is 4.69. The molecule has 0 bridgehead atoms.